The van der Waals surface area contributed by atoms with Gasteiger partial charge in [-0.2, -0.15) is 0 Å². The lowest BCUT2D eigenvalue weighted by Gasteiger charge is -2.04. The number of terminal acetylenes is 1. The molecule has 3 heteroatoms. The van der Waals surface area contributed by atoms with E-state index in [4.69, 9.17) is 11.2 Å². The molecule has 1 aromatic rings. The number of carbonyl (C=O) groups excluding carboxylic acids is 1. The average Bonchev–Trinajstić information content (AvgIpc) is 2.18. The molecule has 0 heterocycles. The first-order chi connectivity index (χ1) is 6.77. The fraction of sp³-hybridized carbons (Fsp3) is 0.182. The van der Waals surface area contributed by atoms with Crippen LogP contribution in [0.2, 0.25) is 0 Å². The van der Waals surface area contributed by atoms with Crippen molar-refractivity contribution in [1.29, 1.82) is 0 Å². The molecule has 0 atom stereocenters. The summed E-state index contributed by atoms with van der Waals surface area (Å²) in [5.74, 6) is 3.19. The van der Waals surface area contributed by atoms with Gasteiger partial charge >= 0.3 is 0 Å². The van der Waals surface area contributed by atoms with Crippen molar-refractivity contribution in [3.63, 3.8) is 0 Å². The molecule has 0 radical (unpaired) electrons. The van der Waals surface area contributed by atoms with Gasteiger partial charge in [-0.15, -0.1) is 12.3 Å². The number of hydrogen-bond donors (Lipinski definition) is 0. The summed E-state index contributed by atoms with van der Waals surface area (Å²) in [7, 11) is 0. The van der Waals surface area contributed by atoms with Crippen molar-refractivity contribution in [3.05, 3.63) is 28.2 Å². The second-order valence-corrected chi connectivity index (χ2v) is 3.46. The van der Waals surface area contributed by atoms with Gasteiger partial charge in [-0.25, -0.2) is 0 Å². The Morgan fingerprint density at radius 3 is 2.93 bits per heavy atom. The van der Waals surface area contributed by atoms with Crippen LogP contribution in [0.1, 0.15) is 16.8 Å². The third-order valence-electron chi connectivity index (χ3n) is 1.61. The van der Waals surface area contributed by atoms with E-state index in [1.54, 1.807) is 18.2 Å². The monoisotopic (exact) mass is 252 g/mol. The third-order valence-corrected chi connectivity index (χ3v) is 2.30. The van der Waals surface area contributed by atoms with E-state index < -0.39 is 0 Å². The number of aldehydes is 1. The molecule has 0 saturated carbocycles. The van der Waals surface area contributed by atoms with E-state index in [0.717, 1.165) is 10.8 Å². The van der Waals surface area contributed by atoms with E-state index in [2.05, 4.69) is 21.9 Å². The maximum atomic E-state index is 10.5. The average molecular weight is 253 g/mol. The highest BCUT2D eigenvalue weighted by molar-refractivity contribution is 9.10. The van der Waals surface area contributed by atoms with Gasteiger partial charge in [-0.1, -0.05) is 0 Å². The van der Waals surface area contributed by atoms with Crippen LogP contribution in [-0.2, 0) is 0 Å². The Balaban J connectivity index is 2.67. The van der Waals surface area contributed by atoms with Crippen LogP contribution >= 0.6 is 15.9 Å². The first kappa shape index (κ1) is 10.8. The third kappa shape index (κ3) is 2.90. The summed E-state index contributed by atoms with van der Waals surface area (Å²) in [6.07, 6.45) is 6.45. The molecule has 14 heavy (non-hydrogen) atoms. The van der Waals surface area contributed by atoms with E-state index >= 15 is 0 Å². The minimum atomic E-state index is 0.489. The van der Waals surface area contributed by atoms with Crippen molar-refractivity contribution in [2.75, 3.05) is 6.61 Å². The smallest absolute Gasteiger partial charge is 0.151 e. The molecule has 0 bridgehead atoms. The van der Waals surface area contributed by atoms with Gasteiger partial charge in [-0.3, -0.25) is 4.79 Å². The number of benzene rings is 1. The molecule has 2 nitrogen and oxygen atoms in total. The van der Waals surface area contributed by atoms with Gasteiger partial charge in [0.15, 0.2) is 6.29 Å². The lowest BCUT2D eigenvalue weighted by molar-refractivity contribution is 0.112. The van der Waals surface area contributed by atoms with Crippen LogP contribution < -0.4 is 4.74 Å². The molecule has 0 saturated heterocycles. The maximum absolute atomic E-state index is 10.5. The Morgan fingerprint density at radius 2 is 2.36 bits per heavy atom. The summed E-state index contributed by atoms with van der Waals surface area (Å²) in [6, 6.07) is 5.19. The molecule has 1 rings (SSSR count). The topological polar surface area (TPSA) is 26.3 Å². The second kappa shape index (κ2) is 5.46. The molecule has 0 spiro atoms. The van der Waals surface area contributed by atoms with E-state index in [-0.39, 0.29) is 0 Å². The molecule has 1 aromatic carbocycles. The lowest BCUT2D eigenvalue weighted by Crippen LogP contribution is -1.96. The molecule has 0 aliphatic heterocycles. The molecular formula is C11H9BrO2. The Kier molecular flexibility index (Phi) is 4.21. The molecule has 0 unspecified atom stereocenters. The Hall–Kier alpha value is -1.27. The van der Waals surface area contributed by atoms with Crippen LogP contribution in [0.4, 0.5) is 0 Å². The maximum Gasteiger partial charge on any atom is 0.151 e. The van der Waals surface area contributed by atoms with E-state index in [1.165, 1.54) is 0 Å². The fourth-order valence-electron chi connectivity index (χ4n) is 0.921. The Labute approximate surface area is 91.4 Å². The highest BCUT2D eigenvalue weighted by Gasteiger charge is 2.00. The predicted molar refractivity (Wildman–Crippen MR) is 58.5 cm³/mol. The highest BCUT2D eigenvalue weighted by Crippen LogP contribution is 2.21. The quantitative estimate of drug-likeness (QED) is 0.468. The van der Waals surface area contributed by atoms with Gasteiger partial charge in [0.1, 0.15) is 5.75 Å². The molecule has 0 fully saturated rings. The molecule has 72 valence electrons. The van der Waals surface area contributed by atoms with Crippen LogP contribution in [0.15, 0.2) is 22.7 Å². The van der Waals surface area contributed by atoms with Gasteiger partial charge in [0.2, 0.25) is 0 Å². The molecule has 0 amide bonds. The zero-order valence-electron chi connectivity index (χ0n) is 7.50. The number of ether oxygens (including phenoxy) is 1. The molecular weight excluding hydrogens is 244 g/mol. The summed E-state index contributed by atoms with van der Waals surface area (Å²) in [5, 5.41) is 0. The molecule has 0 aliphatic carbocycles. The second-order valence-electron chi connectivity index (χ2n) is 2.60. The van der Waals surface area contributed by atoms with Gasteiger partial charge in [-0.05, 0) is 34.1 Å². The van der Waals surface area contributed by atoms with Crippen molar-refractivity contribution in [2.45, 2.75) is 6.42 Å². The molecule has 0 N–H and O–H groups in total. The normalized spacial score (nSPS) is 9.14. The Bertz CT molecular complexity index is 366. The SMILES string of the molecule is C#CCCOc1ccc(C=O)c(Br)c1. The largest absolute Gasteiger partial charge is 0.493 e. The minimum Gasteiger partial charge on any atom is -0.493 e. The van der Waals surface area contributed by atoms with Gasteiger partial charge < -0.3 is 4.74 Å². The summed E-state index contributed by atoms with van der Waals surface area (Å²) in [6.45, 7) is 0.489. The van der Waals surface area contributed by atoms with Crippen LogP contribution in [0.25, 0.3) is 0 Å². The van der Waals surface area contributed by atoms with Crippen LogP contribution in [-0.4, -0.2) is 12.9 Å². The summed E-state index contributed by atoms with van der Waals surface area (Å²) in [5.41, 5.74) is 0.606. The Morgan fingerprint density at radius 1 is 1.57 bits per heavy atom. The lowest BCUT2D eigenvalue weighted by atomic mass is 10.2. The zero-order valence-corrected chi connectivity index (χ0v) is 9.08. The van der Waals surface area contributed by atoms with Gasteiger partial charge in [0, 0.05) is 16.5 Å². The number of rotatable bonds is 4. The summed E-state index contributed by atoms with van der Waals surface area (Å²) >= 11 is 3.26. The van der Waals surface area contributed by atoms with Crippen molar-refractivity contribution in [3.8, 4) is 18.1 Å². The van der Waals surface area contributed by atoms with Crippen molar-refractivity contribution in [2.24, 2.45) is 0 Å². The number of carbonyl (C=O) groups is 1. The van der Waals surface area contributed by atoms with Crippen LogP contribution in [0.5, 0.6) is 5.75 Å². The van der Waals surface area contributed by atoms with Crippen molar-refractivity contribution in [1.82, 2.24) is 0 Å². The first-order valence-electron chi connectivity index (χ1n) is 4.09. The van der Waals surface area contributed by atoms with Crippen LogP contribution in [0, 0.1) is 12.3 Å². The van der Waals surface area contributed by atoms with Crippen LogP contribution in [0.3, 0.4) is 0 Å². The van der Waals surface area contributed by atoms with E-state index in [1.807, 2.05) is 0 Å². The van der Waals surface area contributed by atoms with Gasteiger partial charge in [0.05, 0.1) is 6.61 Å². The van der Waals surface area contributed by atoms with Crippen molar-refractivity contribution < 1.29 is 9.53 Å². The van der Waals surface area contributed by atoms with Crippen molar-refractivity contribution >= 4 is 22.2 Å². The molecule has 0 aliphatic rings. The predicted octanol–water partition coefficient (Wildman–Crippen LogP) is 2.66. The molecule has 0 aromatic heterocycles. The van der Waals surface area contributed by atoms with E-state index in [9.17, 15) is 4.79 Å². The number of hydrogen-bond acceptors (Lipinski definition) is 2. The summed E-state index contributed by atoms with van der Waals surface area (Å²) < 4.78 is 6.07. The minimum absolute atomic E-state index is 0.489. The first-order valence-corrected chi connectivity index (χ1v) is 4.88. The van der Waals surface area contributed by atoms with E-state index in [0.29, 0.717) is 24.3 Å². The zero-order chi connectivity index (χ0) is 10.4. The fourth-order valence-corrected chi connectivity index (χ4v) is 1.37. The standard InChI is InChI=1S/C11H9BrO2/c1-2-3-6-14-10-5-4-9(8-13)11(12)7-10/h1,4-5,7-8H,3,6H2. The van der Waals surface area contributed by atoms with Gasteiger partial charge in [0.25, 0.3) is 0 Å². The summed E-state index contributed by atoms with van der Waals surface area (Å²) in [4.78, 5) is 10.5. The number of halogens is 1. The highest BCUT2D eigenvalue weighted by atomic mass is 79.9.